The highest BCUT2D eigenvalue weighted by Crippen LogP contribution is 2.22. The smallest absolute Gasteiger partial charge is 0.407 e. The number of carbonyl (C=O) groups is 1. The van der Waals surface area contributed by atoms with E-state index in [0.717, 1.165) is 57.7 Å². The van der Waals surface area contributed by atoms with E-state index in [1.54, 1.807) is 0 Å². The molecule has 0 saturated carbocycles. The van der Waals surface area contributed by atoms with Crippen molar-refractivity contribution in [3.63, 3.8) is 0 Å². The Labute approximate surface area is 149 Å². The highest BCUT2D eigenvalue weighted by Gasteiger charge is 2.23. The van der Waals surface area contributed by atoms with Gasteiger partial charge in [-0.15, -0.1) is 0 Å². The molecule has 0 radical (unpaired) electrons. The van der Waals surface area contributed by atoms with Gasteiger partial charge in [-0.05, 0) is 49.9 Å². The highest BCUT2D eigenvalue weighted by molar-refractivity contribution is 5.64. The van der Waals surface area contributed by atoms with Crippen LogP contribution in [0.1, 0.15) is 24.8 Å². The fraction of sp³-hybridized carbons (Fsp3) is 0.579. The summed E-state index contributed by atoms with van der Waals surface area (Å²) in [6.45, 7) is 6.55. The summed E-state index contributed by atoms with van der Waals surface area (Å²) >= 11 is 0. The number of hydrogen-bond donors (Lipinski definition) is 1. The molecule has 1 aromatic carbocycles. The Bertz CT molecular complexity index is 627. The molecule has 1 aromatic rings. The summed E-state index contributed by atoms with van der Waals surface area (Å²) in [6, 6.07) is 10.0. The molecule has 0 atom stereocenters. The standard InChI is InChI=1S/C19H26N4O2/c20-15-17-2-1-3-18(14-17)22-12-10-21(11-13-22)7-4-16-5-8-23(9-6-16)19(24)25/h1-3,14,16H,4-13H2,(H,24,25). The van der Waals surface area contributed by atoms with E-state index in [9.17, 15) is 4.79 Å². The summed E-state index contributed by atoms with van der Waals surface area (Å²) in [5.41, 5.74) is 1.85. The lowest BCUT2D eigenvalue weighted by Gasteiger charge is -2.37. The quantitative estimate of drug-likeness (QED) is 0.910. The van der Waals surface area contributed by atoms with Crippen molar-refractivity contribution in [2.45, 2.75) is 19.3 Å². The van der Waals surface area contributed by atoms with Gasteiger partial charge in [0.05, 0.1) is 11.6 Å². The number of nitrogens with zero attached hydrogens (tertiary/aromatic N) is 4. The second-order valence-electron chi connectivity index (χ2n) is 6.99. The molecule has 2 aliphatic rings. The van der Waals surface area contributed by atoms with Crippen LogP contribution in [0.5, 0.6) is 0 Å². The number of benzene rings is 1. The van der Waals surface area contributed by atoms with Gasteiger partial charge in [0.25, 0.3) is 0 Å². The number of piperidine rings is 1. The highest BCUT2D eigenvalue weighted by atomic mass is 16.4. The lowest BCUT2D eigenvalue weighted by Crippen LogP contribution is -2.47. The summed E-state index contributed by atoms with van der Waals surface area (Å²) in [6.07, 6.45) is 2.37. The molecule has 6 nitrogen and oxygen atoms in total. The summed E-state index contributed by atoms with van der Waals surface area (Å²) in [5, 5.41) is 18.0. The lowest BCUT2D eigenvalue weighted by molar-refractivity contribution is 0.119. The molecule has 2 saturated heterocycles. The first-order valence-corrected chi connectivity index (χ1v) is 9.11. The molecule has 1 N–H and O–H groups in total. The SMILES string of the molecule is N#Cc1cccc(N2CCN(CCC3CCN(C(=O)O)CC3)CC2)c1. The normalized spacial score (nSPS) is 19.6. The molecule has 2 heterocycles. The Kier molecular flexibility index (Phi) is 5.77. The molecule has 25 heavy (non-hydrogen) atoms. The van der Waals surface area contributed by atoms with Crippen LogP contribution in [0.25, 0.3) is 0 Å². The predicted molar refractivity (Wildman–Crippen MR) is 96.7 cm³/mol. The van der Waals surface area contributed by atoms with Crippen molar-refractivity contribution in [3.05, 3.63) is 29.8 Å². The average Bonchev–Trinajstić information content (AvgIpc) is 2.67. The van der Waals surface area contributed by atoms with Crippen LogP contribution >= 0.6 is 0 Å². The largest absolute Gasteiger partial charge is 0.465 e. The van der Waals surface area contributed by atoms with Gasteiger partial charge in [-0.1, -0.05) is 6.07 Å². The number of rotatable bonds is 4. The van der Waals surface area contributed by atoms with Crippen molar-refractivity contribution < 1.29 is 9.90 Å². The van der Waals surface area contributed by atoms with Crippen LogP contribution in [0.15, 0.2) is 24.3 Å². The van der Waals surface area contributed by atoms with Crippen LogP contribution in [-0.4, -0.2) is 66.8 Å². The molecule has 2 aliphatic heterocycles. The van der Waals surface area contributed by atoms with Gasteiger partial charge in [0.15, 0.2) is 0 Å². The van der Waals surface area contributed by atoms with Crippen LogP contribution in [0, 0.1) is 17.2 Å². The van der Waals surface area contributed by atoms with Crippen LogP contribution in [-0.2, 0) is 0 Å². The Morgan fingerprint density at radius 1 is 1.16 bits per heavy atom. The zero-order chi connectivity index (χ0) is 17.6. The van der Waals surface area contributed by atoms with Crippen molar-refractivity contribution >= 4 is 11.8 Å². The minimum atomic E-state index is -0.782. The second kappa shape index (κ2) is 8.21. The molecule has 2 fully saturated rings. The topological polar surface area (TPSA) is 70.8 Å². The number of likely N-dealkylation sites (tertiary alicyclic amines) is 1. The van der Waals surface area contributed by atoms with Gasteiger partial charge < -0.3 is 14.9 Å². The van der Waals surface area contributed by atoms with Crippen LogP contribution in [0.4, 0.5) is 10.5 Å². The molecule has 1 amide bonds. The molecule has 0 aliphatic carbocycles. The lowest BCUT2D eigenvalue weighted by atomic mass is 9.93. The van der Waals surface area contributed by atoms with E-state index < -0.39 is 6.09 Å². The van der Waals surface area contributed by atoms with E-state index in [-0.39, 0.29) is 0 Å². The summed E-state index contributed by atoms with van der Waals surface area (Å²) < 4.78 is 0. The number of nitriles is 1. The van der Waals surface area contributed by atoms with Crippen LogP contribution in [0.2, 0.25) is 0 Å². The number of piperazine rings is 1. The van der Waals surface area contributed by atoms with Gasteiger partial charge in [0.2, 0.25) is 0 Å². The molecule has 0 aromatic heterocycles. The number of anilines is 1. The number of amides is 1. The van der Waals surface area contributed by atoms with Crippen LogP contribution in [0.3, 0.4) is 0 Å². The summed E-state index contributed by atoms with van der Waals surface area (Å²) in [4.78, 5) is 17.3. The Morgan fingerprint density at radius 3 is 2.52 bits per heavy atom. The minimum absolute atomic E-state index is 0.654. The third-order valence-electron chi connectivity index (χ3n) is 5.45. The summed E-state index contributed by atoms with van der Waals surface area (Å²) in [7, 11) is 0. The van der Waals surface area contributed by atoms with Gasteiger partial charge in [0.1, 0.15) is 0 Å². The van der Waals surface area contributed by atoms with E-state index in [2.05, 4.69) is 21.9 Å². The van der Waals surface area contributed by atoms with Crippen molar-refractivity contribution in [2.24, 2.45) is 5.92 Å². The molecule has 134 valence electrons. The monoisotopic (exact) mass is 342 g/mol. The van der Waals surface area contributed by atoms with Gasteiger partial charge >= 0.3 is 6.09 Å². The second-order valence-corrected chi connectivity index (χ2v) is 6.99. The van der Waals surface area contributed by atoms with E-state index in [0.29, 0.717) is 24.6 Å². The van der Waals surface area contributed by atoms with E-state index >= 15 is 0 Å². The third-order valence-corrected chi connectivity index (χ3v) is 5.45. The minimum Gasteiger partial charge on any atom is -0.465 e. The zero-order valence-electron chi connectivity index (χ0n) is 14.6. The third kappa shape index (κ3) is 4.64. The van der Waals surface area contributed by atoms with Gasteiger partial charge in [-0.3, -0.25) is 4.90 Å². The first-order chi connectivity index (χ1) is 12.2. The van der Waals surface area contributed by atoms with Crippen molar-refractivity contribution in [2.75, 3.05) is 50.7 Å². The fourth-order valence-corrected chi connectivity index (χ4v) is 3.78. The maximum absolute atomic E-state index is 10.9. The van der Waals surface area contributed by atoms with Gasteiger partial charge in [0, 0.05) is 45.0 Å². The van der Waals surface area contributed by atoms with Gasteiger partial charge in [-0.25, -0.2) is 4.79 Å². The van der Waals surface area contributed by atoms with Crippen molar-refractivity contribution in [3.8, 4) is 6.07 Å². The van der Waals surface area contributed by atoms with E-state index in [1.165, 1.54) is 4.90 Å². The van der Waals surface area contributed by atoms with E-state index in [1.807, 2.05) is 18.2 Å². The first kappa shape index (κ1) is 17.6. The van der Waals surface area contributed by atoms with Crippen molar-refractivity contribution in [1.82, 2.24) is 9.80 Å². The molecule has 6 heteroatoms. The Balaban J connectivity index is 1.40. The summed E-state index contributed by atoms with van der Waals surface area (Å²) in [5.74, 6) is 0.654. The Morgan fingerprint density at radius 2 is 1.88 bits per heavy atom. The fourth-order valence-electron chi connectivity index (χ4n) is 3.78. The maximum Gasteiger partial charge on any atom is 0.407 e. The maximum atomic E-state index is 10.9. The number of carboxylic acid groups (broad SMARTS) is 1. The van der Waals surface area contributed by atoms with Crippen molar-refractivity contribution in [1.29, 1.82) is 5.26 Å². The molecule has 0 spiro atoms. The molecular formula is C19H26N4O2. The molecular weight excluding hydrogens is 316 g/mol. The average molecular weight is 342 g/mol. The van der Waals surface area contributed by atoms with E-state index in [4.69, 9.17) is 10.4 Å². The predicted octanol–water partition coefficient (Wildman–Crippen LogP) is 2.46. The van der Waals surface area contributed by atoms with Gasteiger partial charge in [-0.2, -0.15) is 5.26 Å². The Hall–Kier alpha value is -2.26. The zero-order valence-corrected chi connectivity index (χ0v) is 14.6. The molecule has 0 bridgehead atoms. The molecule has 0 unspecified atom stereocenters. The van der Waals surface area contributed by atoms with Crippen LogP contribution < -0.4 is 4.90 Å². The molecule has 3 rings (SSSR count). The number of hydrogen-bond acceptors (Lipinski definition) is 4. The first-order valence-electron chi connectivity index (χ1n) is 9.11.